The fraction of sp³-hybridized carbons (Fsp3) is 0.167. The van der Waals surface area contributed by atoms with Gasteiger partial charge in [-0.15, -0.1) is 0 Å². The maximum atomic E-state index is 12.1. The summed E-state index contributed by atoms with van der Waals surface area (Å²) < 4.78 is 10.5. The van der Waals surface area contributed by atoms with Gasteiger partial charge < -0.3 is 14.8 Å². The Kier molecular flexibility index (Phi) is 4.94. The van der Waals surface area contributed by atoms with E-state index in [1.165, 1.54) is 6.21 Å². The van der Waals surface area contributed by atoms with Crippen LogP contribution in [0.15, 0.2) is 47.6 Å². The molecule has 2 N–H and O–H groups in total. The standard InChI is InChI=1S/C18H17N3O4/c1-2-17(22)20-14-5-3-4-13(9-14)18(23)21-19-10-12-6-7-15-16(8-12)25-11-24-15/h3-10H,2,11H2,1H3,(H,20,22)(H,21,23)/b19-10+. The number of hydrogen-bond acceptors (Lipinski definition) is 5. The molecule has 0 atom stereocenters. The monoisotopic (exact) mass is 339 g/mol. The number of nitrogens with one attached hydrogen (secondary N) is 2. The summed E-state index contributed by atoms with van der Waals surface area (Å²) in [5, 5.41) is 6.65. The molecule has 1 aliphatic heterocycles. The van der Waals surface area contributed by atoms with Crippen molar-refractivity contribution in [1.29, 1.82) is 0 Å². The van der Waals surface area contributed by atoms with Crippen LogP contribution < -0.4 is 20.2 Å². The van der Waals surface area contributed by atoms with Gasteiger partial charge in [-0.1, -0.05) is 13.0 Å². The van der Waals surface area contributed by atoms with Crippen molar-refractivity contribution in [2.75, 3.05) is 12.1 Å². The maximum Gasteiger partial charge on any atom is 0.271 e. The highest BCUT2D eigenvalue weighted by Crippen LogP contribution is 2.31. The minimum atomic E-state index is -0.371. The highest BCUT2D eigenvalue weighted by Gasteiger charge is 2.12. The molecule has 0 fully saturated rings. The van der Waals surface area contributed by atoms with Crippen LogP contribution in [0.1, 0.15) is 29.3 Å². The summed E-state index contributed by atoms with van der Waals surface area (Å²) in [7, 11) is 0. The summed E-state index contributed by atoms with van der Waals surface area (Å²) in [6.45, 7) is 1.97. The first-order valence-electron chi connectivity index (χ1n) is 7.78. The lowest BCUT2D eigenvalue weighted by Crippen LogP contribution is -2.18. The molecule has 0 unspecified atom stereocenters. The molecule has 0 aliphatic carbocycles. The Bertz CT molecular complexity index is 833. The number of hydrogen-bond donors (Lipinski definition) is 2. The van der Waals surface area contributed by atoms with Crippen LogP contribution in [0.25, 0.3) is 0 Å². The topological polar surface area (TPSA) is 89.0 Å². The molecule has 2 amide bonds. The van der Waals surface area contributed by atoms with Crippen molar-refractivity contribution in [3.63, 3.8) is 0 Å². The average Bonchev–Trinajstić information content (AvgIpc) is 3.09. The Hall–Kier alpha value is -3.35. The van der Waals surface area contributed by atoms with Crippen LogP contribution in [0.5, 0.6) is 11.5 Å². The number of benzene rings is 2. The molecule has 1 aliphatic rings. The molecule has 0 radical (unpaired) electrons. The van der Waals surface area contributed by atoms with E-state index in [0.717, 1.165) is 5.56 Å². The fourth-order valence-electron chi connectivity index (χ4n) is 2.21. The third kappa shape index (κ3) is 4.14. The van der Waals surface area contributed by atoms with Gasteiger partial charge in [-0.05, 0) is 42.0 Å². The highest BCUT2D eigenvalue weighted by molar-refractivity contribution is 5.97. The third-order valence-corrected chi connectivity index (χ3v) is 3.51. The number of rotatable bonds is 5. The summed E-state index contributed by atoms with van der Waals surface area (Å²) in [4.78, 5) is 23.6. The molecule has 128 valence electrons. The molecule has 0 spiro atoms. The maximum absolute atomic E-state index is 12.1. The molecule has 1 heterocycles. The molecule has 3 rings (SSSR count). The quantitative estimate of drug-likeness (QED) is 0.647. The van der Waals surface area contributed by atoms with Crippen molar-refractivity contribution in [2.45, 2.75) is 13.3 Å². The number of carbonyl (C=O) groups is 2. The molecule has 0 bridgehead atoms. The lowest BCUT2D eigenvalue weighted by Gasteiger charge is -2.05. The molecule has 2 aromatic rings. The minimum Gasteiger partial charge on any atom is -0.454 e. The van der Waals surface area contributed by atoms with E-state index in [4.69, 9.17) is 9.47 Å². The van der Waals surface area contributed by atoms with Gasteiger partial charge >= 0.3 is 0 Å². The second-order valence-corrected chi connectivity index (χ2v) is 5.29. The normalized spacial score (nSPS) is 12.2. The van der Waals surface area contributed by atoms with Gasteiger partial charge in [-0.3, -0.25) is 9.59 Å². The summed E-state index contributed by atoms with van der Waals surface area (Å²) in [6, 6.07) is 12.0. The van der Waals surface area contributed by atoms with Crippen LogP contribution in [0.3, 0.4) is 0 Å². The highest BCUT2D eigenvalue weighted by atomic mass is 16.7. The molecule has 7 nitrogen and oxygen atoms in total. The van der Waals surface area contributed by atoms with Gasteiger partial charge in [0.2, 0.25) is 12.7 Å². The molecule has 7 heteroatoms. The Morgan fingerprint density at radius 3 is 2.84 bits per heavy atom. The van der Waals surface area contributed by atoms with E-state index in [-0.39, 0.29) is 18.6 Å². The molecule has 0 saturated heterocycles. The van der Waals surface area contributed by atoms with E-state index in [1.54, 1.807) is 43.3 Å². The second kappa shape index (κ2) is 7.48. The predicted molar refractivity (Wildman–Crippen MR) is 93.0 cm³/mol. The van der Waals surface area contributed by atoms with Crippen molar-refractivity contribution in [3.05, 3.63) is 53.6 Å². The third-order valence-electron chi connectivity index (χ3n) is 3.51. The molecule has 2 aromatic carbocycles. The van der Waals surface area contributed by atoms with E-state index in [0.29, 0.717) is 29.2 Å². The van der Waals surface area contributed by atoms with Gasteiger partial charge in [0.1, 0.15) is 0 Å². The van der Waals surface area contributed by atoms with Crippen molar-refractivity contribution < 1.29 is 19.1 Å². The number of ether oxygens (including phenoxy) is 2. The second-order valence-electron chi connectivity index (χ2n) is 5.29. The van der Waals surface area contributed by atoms with E-state index >= 15 is 0 Å². The van der Waals surface area contributed by atoms with Crippen LogP contribution >= 0.6 is 0 Å². The minimum absolute atomic E-state index is 0.113. The number of carbonyl (C=O) groups excluding carboxylic acids is 2. The van der Waals surface area contributed by atoms with Gasteiger partial charge in [0.25, 0.3) is 5.91 Å². The smallest absolute Gasteiger partial charge is 0.271 e. The van der Waals surface area contributed by atoms with E-state index in [1.807, 2.05) is 6.07 Å². The van der Waals surface area contributed by atoms with Gasteiger partial charge in [0.05, 0.1) is 6.21 Å². The van der Waals surface area contributed by atoms with Gasteiger partial charge in [0, 0.05) is 17.7 Å². The zero-order valence-electron chi connectivity index (χ0n) is 13.6. The van der Waals surface area contributed by atoms with E-state index in [2.05, 4.69) is 15.8 Å². The Morgan fingerprint density at radius 1 is 1.16 bits per heavy atom. The fourth-order valence-corrected chi connectivity index (χ4v) is 2.21. The molecular formula is C18H17N3O4. The zero-order chi connectivity index (χ0) is 17.6. The average molecular weight is 339 g/mol. The van der Waals surface area contributed by atoms with Crippen LogP contribution in [0.4, 0.5) is 5.69 Å². The van der Waals surface area contributed by atoms with Crippen LogP contribution in [-0.4, -0.2) is 24.8 Å². The number of anilines is 1. The number of hydrazone groups is 1. The largest absolute Gasteiger partial charge is 0.454 e. The first-order chi connectivity index (χ1) is 12.2. The lowest BCUT2D eigenvalue weighted by molar-refractivity contribution is -0.115. The SMILES string of the molecule is CCC(=O)Nc1cccc(C(=O)N/N=C/c2ccc3c(c2)OCO3)c1. The van der Waals surface area contributed by atoms with Gasteiger partial charge in [-0.2, -0.15) is 5.10 Å². The lowest BCUT2D eigenvalue weighted by atomic mass is 10.2. The number of nitrogens with zero attached hydrogens (tertiary/aromatic N) is 1. The van der Waals surface area contributed by atoms with Gasteiger partial charge in [0.15, 0.2) is 11.5 Å². The van der Waals surface area contributed by atoms with Crippen molar-refractivity contribution in [1.82, 2.24) is 5.43 Å². The summed E-state index contributed by atoms with van der Waals surface area (Å²) in [5.41, 5.74) is 4.20. The van der Waals surface area contributed by atoms with Crippen LogP contribution in [-0.2, 0) is 4.79 Å². The Morgan fingerprint density at radius 2 is 2.00 bits per heavy atom. The summed E-state index contributed by atoms with van der Waals surface area (Å²) in [5.74, 6) is 0.852. The molecular weight excluding hydrogens is 322 g/mol. The van der Waals surface area contributed by atoms with Crippen LogP contribution in [0, 0.1) is 0 Å². The number of amides is 2. The summed E-state index contributed by atoms with van der Waals surface area (Å²) >= 11 is 0. The zero-order valence-corrected chi connectivity index (χ0v) is 13.6. The first-order valence-corrected chi connectivity index (χ1v) is 7.78. The molecule has 0 saturated carbocycles. The summed E-state index contributed by atoms with van der Waals surface area (Å²) in [6.07, 6.45) is 1.89. The van der Waals surface area contributed by atoms with Crippen molar-refractivity contribution in [3.8, 4) is 11.5 Å². The predicted octanol–water partition coefficient (Wildman–Crippen LogP) is 2.53. The first kappa shape index (κ1) is 16.5. The van der Waals surface area contributed by atoms with E-state index in [9.17, 15) is 9.59 Å². The van der Waals surface area contributed by atoms with Crippen molar-refractivity contribution >= 4 is 23.7 Å². The number of fused-ring (bicyclic) bond motifs is 1. The Balaban J connectivity index is 1.62. The van der Waals surface area contributed by atoms with Crippen LogP contribution in [0.2, 0.25) is 0 Å². The van der Waals surface area contributed by atoms with E-state index < -0.39 is 0 Å². The Labute approximate surface area is 144 Å². The molecule has 0 aromatic heterocycles. The van der Waals surface area contributed by atoms with Crippen molar-refractivity contribution in [2.24, 2.45) is 5.10 Å². The van der Waals surface area contributed by atoms with Gasteiger partial charge in [-0.25, -0.2) is 5.43 Å². The molecule has 25 heavy (non-hydrogen) atoms.